The summed E-state index contributed by atoms with van der Waals surface area (Å²) in [6.07, 6.45) is 5.55. The largest absolute Gasteiger partial charge is 0.394 e. The Morgan fingerprint density at radius 2 is 2.05 bits per heavy atom. The number of aliphatic hydroxyl groups is 1. The van der Waals surface area contributed by atoms with Gasteiger partial charge in [0.2, 0.25) is 0 Å². The first-order chi connectivity index (χ1) is 10.8. The van der Waals surface area contributed by atoms with E-state index in [4.69, 9.17) is 9.84 Å². The van der Waals surface area contributed by atoms with E-state index in [2.05, 4.69) is 39.7 Å². The molecule has 0 fully saturated rings. The maximum atomic E-state index is 8.75. The van der Waals surface area contributed by atoms with Gasteiger partial charge in [0, 0.05) is 36.1 Å². The van der Waals surface area contributed by atoms with Crippen LogP contribution in [0.15, 0.2) is 42.9 Å². The van der Waals surface area contributed by atoms with Gasteiger partial charge in [-0.15, -0.1) is 0 Å². The maximum Gasteiger partial charge on any atom is 0.140 e. The summed E-state index contributed by atoms with van der Waals surface area (Å²) >= 11 is 0. The van der Waals surface area contributed by atoms with Crippen molar-refractivity contribution in [1.29, 1.82) is 0 Å². The van der Waals surface area contributed by atoms with Crippen molar-refractivity contribution < 1.29 is 9.84 Å². The molecule has 5 nitrogen and oxygen atoms in total. The highest BCUT2D eigenvalue weighted by Gasteiger charge is 2.11. The Kier molecular flexibility index (Phi) is 4.46. The third-order valence-corrected chi connectivity index (χ3v) is 3.64. The van der Waals surface area contributed by atoms with Crippen molar-refractivity contribution in [2.75, 3.05) is 19.8 Å². The monoisotopic (exact) mass is 297 g/mol. The second-order valence-electron chi connectivity index (χ2n) is 5.11. The first-order valence-corrected chi connectivity index (χ1v) is 7.35. The number of aliphatic hydroxyl groups excluding tert-OH is 1. The highest BCUT2D eigenvalue weighted by Crippen LogP contribution is 2.28. The topological polar surface area (TPSA) is 60.2 Å². The molecule has 0 spiro atoms. The number of fused-ring (bicyclic) bond motifs is 1. The van der Waals surface area contributed by atoms with E-state index >= 15 is 0 Å². The van der Waals surface area contributed by atoms with Crippen LogP contribution in [0.4, 0.5) is 0 Å². The number of benzene rings is 1. The van der Waals surface area contributed by atoms with E-state index in [0.717, 1.165) is 27.9 Å². The van der Waals surface area contributed by atoms with Gasteiger partial charge in [0.15, 0.2) is 0 Å². The van der Waals surface area contributed by atoms with Crippen LogP contribution in [0.25, 0.3) is 22.3 Å². The predicted molar refractivity (Wildman–Crippen MR) is 85.6 cm³/mol. The summed E-state index contributed by atoms with van der Waals surface area (Å²) in [5.41, 5.74) is 3.23. The van der Waals surface area contributed by atoms with E-state index in [9.17, 15) is 0 Å². The van der Waals surface area contributed by atoms with Crippen molar-refractivity contribution in [3.8, 4) is 11.4 Å². The van der Waals surface area contributed by atoms with E-state index in [1.54, 1.807) is 6.20 Å². The first-order valence-electron chi connectivity index (χ1n) is 7.35. The molecule has 0 unspecified atom stereocenters. The number of aromatic nitrogens is 3. The summed E-state index contributed by atoms with van der Waals surface area (Å²) in [6, 6.07) is 8.19. The van der Waals surface area contributed by atoms with Crippen LogP contribution in [0, 0.1) is 6.92 Å². The van der Waals surface area contributed by atoms with Crippen LogP contribution in [-0.4, -0.2) is 39.5 Å². The zero-order valence-electron chi connectivity index (χ0n) is 12.6. The molecule has 22 heavy (non-hydrogen) atoms. The van der Waals surface area contributed by atoms with Crippen molar-refractivity contribution in [3.05, 3.63) is 48.4 Å². The molecular formula is C17H19N3O2. The Morgan fingerprint density at radius 1 is 1.14 bits per heavy atom. The smallest absolute Gasteiger partial charge is 0.140 e. The summed E-state index contributed by atoms with van der Waals surface area (Å²) < 4.78 is 7.41. The summed E-state index contributed by atoms with van der Waals surface area (Å²) in [6.45, 7) is 3.72. The predicted octanol–water partition coefficient (Wildman–Crippen LogP) is 2.42. The molecule has 1 N–H and O–H groups in total. The summed E-state index contributed by atoms with van der Waals surface area (Å²) in [4.78, 5) is 8.97. The van der Waals surface area contributed by atoms with Crippen LogP contribution in [0.3, 0.4) is 0 Å². The first kappa shape index (κ1) is 14.7. The van der Waals surface area contributed by atoms with E-state index in [-0.39, 0.29) is 6.61 Å². The number of nitrogens with zero attached hydrogens (tertiary/aromatic N) is 3. The van der Waals surface area contributed by atoms with Crippen LogP contribution in [0.1, 0.15) is 5.56 Å². The molecule has 3 rings (SSSR count). The molecule has 0 aliphatic carbocycles. The van der Waals surface area contributed by atoms with Crippen molar-refractivity contribution in [2.45, 2.75) is 13.5 Å². The molecule has 0 atom stereocenters. The second-order valence-corrected chi connectivity index (χ2v) is 5.11. The van der Waals surface area contributed by atoms with E-state index in [1.807, 2.05) is 18.5 Å². The fourth-order valence-electron chi connectivity index (χ4n) is 2.57. The zero-order chi connectivity index (χ0) is 15.4. The number of hydrogen-bond acceptors (Lipinski definition) is 4. The molecule has 0 amide bonds. The van der Waals surface area contributed by atoms with Gasteiger partial charge in [-0.3, -0.25) is 4.98 Å². The molecule has 0 saturated heterocycles. The van der Waals surface area contributed by atoms with Gasteiger partial charge < -0.3 is 14.4 Å². The van der Waals surface area contributed by atoms with Gasteiger partial charge in [-0.25, -0.2) is 4.98 Å². The van der Waals surface area contributed by atoms with Gasteiger partial charge in [0.05, 0.1) is 25.3 Å². The van der Waals surface area contributed by atoms with Crippen molar-refractivity contribution >= 4 is 10.9 Å². The number of hydrogen-bond donors (Lipinski definition) is 1. The quantitative estimate of drug-likeness (QED) is 0.710. The number of rotatable bonds is 6. The van der Waals surface area contributed by atoms with Gasteiger partial charge in [-0.1, -0.05) is 18.2 Å². The van der Waals surface area contributed by atoms with Crippen LogP contribution in [0.2, 0.25) is 0 Å². The summed E-state index contributed by atoms with van der Waals surface area (Å²) in [5, 5.41) is 9.85. The minimum absolute atomic E-state index is 0.0467. The molecule has 2 heterocycles. The van der Waals surface area contributed by atoms with Gasteiger partial charge in [-0.05, 0) is 18.6 Å². The number of aryl methyl sites for hydroxylation is 1. The lowest BCUT2D eigenvalue weighted by Gasteiger charge is -2.11. The highest BCUT2D eigenvalue weighted by molar-refractivity contribution is 5.94. The fraction of sp³-hybridized carbons (Fsp3) is 0.294. The van der Waals surface area contributed by atoms with Gasteiger partial charge >= 0.3 is 0 Å². The standard InChI is InChI=1S/C17H19N3O2/c1-13-4-5-15(14-3-2-6-18-16(13)14)17-19-7-8-20(17)9-11-22-12-10-21/h2-8,21H,9-12H2,1H3. The van der Waals surface area contributed by atoms with Crippen LogP contribution < -0.4 is 0 Å². The molecule has 1 aromatic carbocycles. The SMILES string of the molecule is Cc1ccc(-c2nccn2CCOCCO)c2cccnc12. The highest BCUT2D eigenvalue weighted by atomic mass is 16.5. The van der Waals surface area contributed by atoms with Crippen LogP contribution in [0.5, 0.6) is 0 Å². The minimum Gasteiger partial charge on any atom is -0.394 e. The molecule has 0 aliphatic heterocycles. The Balaban J connectivity index is 1.95. The van der Waals surface area contributed by atoms with E-state index < -0.39 is 0 Å². The maximum absolute atomic E-state index is 8.75. The Labute approximate surface area is 129 Å². The lowest BCUT2D eigenvalue weighted by atomic mass is 10.0. The molecule has 0 radical (unpaired) electrons. The molecule has 0 aliphatic rings. The molecule has 114 valence electrons. The normalized spacial score (nSPS) is 11.2. The Morgan fingerprint density at radius 3 is 2.91 bits per heavy atom. The average molecular weight is 297 g/mol. The minimum atomic E-state index is 0.0467. The molecule has 2 aromatic heterocycles. The molecular weight excluding hydrogens is 278 g/mol. The number of pyridine rings is 1. The van der Waals surface area contributed by atoms with Crippen LogP contribution >= 0.6 is 0 Å². The summed E-state index contributed by atoms with van der Waals surface area (Å²) in [5.74, 6) is 0.908. The third kappa shape index (κ3) is 2.86. The number of ether oxygens (including phenoxy) is 1. The summed E-state index contributed by atoms with van der Waals surface area (Å²) in [7, 11) is 0. The fourth-order valence-corrected chi connectivity index (χ4v) is 2.57. The number of imidazole rings is 1. The molecule has 5 heteroatoms. The van der Waals surface area contributed by atoms with Crippen LogP contribution in [-0.2, 0) is 11.3 Å². The lowest BCUT2D eigenvalue weighted by molar-refractivity contribution is 0.0872. The van der Waals surface area contributed by atoms with Gasteiger partial charge in [-0.2, -0.15) is 0 Å². The Hall–Kier alpha value is -2.24. The van der Waals surface area contributed by atoms with Gasteiger partial charge in [0.25, 0.3) is 0 Å². The Bertz CT molecular complexity index is 767. The second kappa shape index (κ2) is 6.68. The van der Waals surface area contributed by atoms with E-state index in [0.29, 0.717) is 19.8 Å². The van der Waals surface area contributed by atoms with E-state index in [1.165, 1.54) is 0 Å². The molecule has 3 aromatic rings. The van der Waals surface area contributed by atoms with Gasteiger partial charge in [0.1, 0.15) is 5.82 Å². The zero-order valence-corrected chi connectivity index (χ0v) is 12.6. The third-order valence-electron chi connectivity index (χ3n) is 3.64. The molecule has 0 saturated carbocycles. The average Bonchev–Trinajstić information content (AvgIpc) is 3.00. The van der Waals surface area contributed by atoms with Crippen molar-refractivity contribution in [3.63, 3.8) is 0 Å². The lowest BCUT2D eigenvalue weighted by Crippen LogP contribution is -2.09. The van der Waals surface area contributed by atoms with Crippen molar-refractivity contribution in [2.24, 2.45) is 0 Å². The van der Waals surface area contributed by atoms with Crippen molar-refractivity contribution in [1.82, 2.24) is 14.5 Å². The molecule has 0 bridgehead atoms.